The van der Waals surface area contributed by atoms with Gasteiger partial charge in [0.1, 0.15) is 11.4 Å². The average Bonchev–Trinajstić information content (AvgIpc) is 3.04. The second kappa shape index (κ2) is 15.6. The number of thioether (sulfide) groups is 1. The van der Waals surface area contributed by atoms with Crippen molar-refractivity contribution in [3.05, 3.63) is 126 Å². The smallest absolute Gasteiger partial charge is 0.272 e. The van der Waals surface area contributed by atoms with Crippen LogP contribution in [0.5, 0.6) is 5.75 Å². The summed E-state index contributed by atoms with van der Waals surface area (Å²) in [6.45, 7) is 6.18. The standard InChI is InChI=1S/C36H37N3O4S/c1-5-33(36(42)38-30-16-9-10-17-32(30)43-4)44-29-15-11-14-28(23-29)37-35(41)31(39-34(40)27-12-7-6-8-13-27)22-25-18-20-26(21-19-25)24(2)3/h6-24,33H,5H2,1-4H3,(H,37,41)(H,38,42)(H,39,40)/b31-22+. The number of nitrogens with one attached hydrogen (secondary N) is 3. The van der Waals surface area contributed by atoms with Crippen LogP contribution >= 0.6 is 11.8 Å². The molecule has 4 aromatic carbocycles. The highest BCUT2D eigenvalue weighted by molar-refractivity contribution is 8.00. The number of hydrogen-bond donors (Lipinski definition) is 3. The van der Waals surface area contributed by atoms with Crippen LogP contribution in [0.1, 0.15) is 54.6 Å². The molecule has 4 rings (SSSR count). The number of carbonyl (C=O) groups excluding carboxylic acids is 3. The van der Waals surface area contributed by atoms with Gasteiger partial charge >= 0.3 is 0 Å². The largest absolute Gasteiger partial charge is 0.495 e. The van der Waals surface area contributed by atoms with Gasteiger partial charge in [0.05, 0.1) is 18.0 Å². The molecule has 1 unspecified atom stereocenters. The first-order chi connectivity index (χ1) is 21.3. The zero-order chi connectivity index (χ0) is 31.5. The normalized spacial score (nSPS) is 11.9. The van der Waals surface area contributed by atoms with Gasteiger partial charge in [0.25, 0.3) is 11.8 Å². The Labute approximate surface area is 263 Å². The van der Waals surface area contributed by atoms with E-state index in [0.29, 0.717) is 35.0 Å². The van der Waals surface area contributed by atoms with Gasteiger partial charge in [0.2, 0.25) is 5.91 Å². The minimum Gasteiger partial charge on any atom is -0.495 e. The van der Waals surface area contributed by atoms with Crippen LogP contribution in [0.2, 0.25) is 0 Å². The van der Waals surface area contributed by atoms with Crippen molar-refractivity contribution in [1.29, 1.82) is 0 Å². The van der Waals surface area contributed by atoms with Gasteiger partial charge in [0.15, 0.2) is 0 Å². The first-order valence-corrected chi connectivity index (χ1v) is 15.3. The number of anilines is 2. The molecular weight excluding hydrogens is 570 g/mol. The molecular formula is C36H37N3O4S. The van der Waals surface area contributed by atoms with Crippen LogP contribution in [0.4, 0.5) is 11.4 Å². The van der Waals surface area contributed by atoms with E-state index in [0.717, 1.165) is 10.5 Å². The fraction of sp³-hybridized carbons (Fsp3) is 0.194. The quantitative estimate of drug-likeness (QED) is 0.113. The van der Waals surface area contributed by atoms with Crippen molar-refractivity contribution < 1.29 is 19.1 Å². The number of methoxy groups -OCH3 is 1. The van der Waals surface area contributed by atoms with Gasteiger partial charge in [-0.2, -0.15) is 0 Å². The zero-order valence-electron chi connectivity index (χ0n) is 25.3. The number of benzene rings is 4. The van der Waals surface area contributed by atoms with Gasteiger partial charge in [-0.25, -0.2) is 0 Å². The third kappa shape index (κ3) is 8.84. The Bertz CT molecular complexity index is 1620. The second-order valence-electron chi connectivity index (χ2n) is 10.4. The van der Waals surface area contributed by atoms with Crippen LogP contribution in [-0.4, -0.2) is 30.1 Å². The maximum atomic E-state index is 13.5. The summed E-state index contributed by atoms with van der Waals surface area (Å²) in [5, 5.41) is 8.28. The molecule has 226 valence electrons. The van der Waals surface area contributed by atoms with Crippen molar-refractivity contribution in [2.24, 2.45) is 0 Å². The minimum atomic E-state index is -0.467. The molecule has 44 heavy (non-hydrogen) atoms. The Hall–Kier alpha value is -4.82. The summed E-state index contributed by atoms with van der Waals surface area (Å²) in [5.74, 6) is -0.0381. The molecule has 0 aliphatic rings. The number of amides is 3. The predicted molar refractivity (Wildman–Crippen MR) is 179 cm³/mol. The number of ether oxygens (including phenoxy) is 1. The van der Waals surface area contributed by atoms with Crippen molar-refractivity contribution in [3.8, 4) is 5.75 Å². The fourth-order valence-electron chi connectivity index (χ4n) is 4.38. The van der Waals surface area contributed by atoms with Gasteiger partial charge in [0, 0.05) is 16.1 Å². The van der Waals surface area contributed by atoms with E-state index in [1.54, 1.807) is 55.7 Å². The molecule has 1 atom stereocenters. The topological polar surface area (TPSA) is 96.5 Å². The molecule has 3 N–H and O–H groups in total. The molecule has 0 aromatic heterocycles. The van der Waals surface area contributed by atoms with Crippen molar-refractivity contribution in [2.75, 3.05) is 17.7 Å². The lowest BCUT2D eigenvalue weighted by molar-refractivity contribution is -0.116. The second-order valence-corrected chi connectivity index (χ2v) is 11.7. The van der Waals surface area contributed by atoms with E-state index in [9.17, 15) is 14.4 Å². The van der Waals surface area contributed by atoms with Crippen molar-refractivity contribution in [2.45, 2.75) is 43.3 Å². The van der Waals surface area contributed by atoms with Gasteiger partial charge in [-0.05, 0) is 72.0 Å². The summed E-state index contributed by atoms with van der Waals surface area (Å²) in [4.78, 5) is 40.5. The first-order valence-electron chi connectivity index (χ1n) is 14.5. The van der Waals surface area contributed by atoms with Gasteiger partial charge in [-0.1, -0.05) is 81.4 Å². The van der Waals surface area contributed by atoms with E-state index in [1.165, 1.54) is 17.3 Å². The molecule has 8 heteroatoms. The van der Waals surface area contributed by atoms with Crippen LogP contribution in [-0.2, 0) is 9.59 Å². The highest BCUT2D eigenvalue weighted by atomic mass is 32.2. The summed E-state index contributed by atoms with van der Waals surface area (Å²) in [7, 11) is 1.56. The lowest BCUT2D eigenvalue weighted by atomic mass is 10.0. The van der Waals surface area contributed by atoms with E-state index in [1.807, 2.05) is 67.6 Å². The molecule has 0 aliphatic heterocycles. The Morgan fingerprint density at radius 3 is 2.23 bits per heavy atom. The molecule has 0 spiro atoms. The van der Waals surface area contributed by atoms with Crippen LogP contribution in [0.3, 0.4) is 0 Å². The van der Waals surface area contributed by atoms with Crippen LogP contribution < -0.4 is 20.7 Å². The zero-order valence-corrected chi connectivity index (χ0v) is 26.1. The SMILES string of the molecule is CCC(Sc1cccc(NC(=O)/C(=C\c2ccc(C(C)C)cc2)NC(=O)c2ccccc2)c1)C(=O)Nc1ccccc1OC. The van der Waals surface area contributed by atoms with Gasteiger partial charge in [-0.15, -0.1) is 11.8 Å². The van der Waals surface area contributed by atoms with E-state index in [-0.39, 0.29) is 22.8 Å². The number of rotatable bonds is 12. The monoisotopic (exact) mass is 607 g/mol. The Balaban J connectivity index is 1.51. The molecule has 0 saturated heterocycles. The highest BCUT2D eigenvalue weighted by Gasteiger charge is 2.20. The summed E-state index contributed by atoms with van der Waals surface area (Å²) in [5.41, 5.74) is 3.65. The maximum Gasteiger partial charge on any atom is 0.272 e. The number of carbonyl (C=O) groups is 3. The first kappa shape index (κ1) is 32.1. The maximum absolute atomic E-state index is 13.5. The molecule has 7 nitrogen and oxygen atoms in total. The summed E-state index contributed by atoms with van der Waals surface area (Å²) in [6, 6.07) is 31.2. The van der Waals surface area contributed by atoms with E-state index < -0.39 is 5.91 Å². The molecule has 0 aliphatic carbocycles. The molecule has 3 amide bonds. The lowest BCUT2D eigenvalue weighted by Crippen LogP contribution is -2.30. The number of para-hydroxylation sites is 2. The van der Waals surface area contributed by atoms with E-state index in [2.05, 4.69) is 29.8 Å². The molecule has 0 saturated carbocycles. The molecule has 4 aromatic rings. The number of hydrogen-bond acceptors (Lipinski definition) is 5. The minimum absolute atomic E-state index is 0.108. The Kier molecular flexibility index (Phi) is 11.4. The van der Waals surface area contributed by atoms with Crippen molar-refractivity contribution in [1.82, 2.24) is 5.32 Å². The van der Waals surface area contributed by atoms with E-state index in [4.69, 9.17) is 4.74 Å². The lowest BCUT2D eigenvalue weighted by Gasteiger charge is -2.17. The third-order valence-electron chi connectivity index (χ3n) is 6.84. The van der Waals surface area contributed by atoms with Crippen molar-refractivity contribution >= 4 is 46.9 Å². The Morgan fingerprint density at radius 2 is 1.55 bits per heavy atom. The van der Waals surface area contributed by atoms with Crippen LogP contribution in [0.15, 0.2) is 114 Å². The summed E-state index contributed by atoms with van der Waals surface area (Å²) in [6.07, 6.45) is 2.25. The highest BCUT2D eigenvalue weighted by Crippen LogP contribution is 2.30. The van der Waals surface area contributed by atoms with E-state index >= 15 is 0 Å². The molecule has 0 fully saturated rings. The fourth-order valence-corrected chi connectivity index (χ4v) is 5.39. The van der Waals surface area contributed by atoms with Gasteiger partial charge < -0.3 is 20.7 Å². The van der Waals surface area contributed by atoms with Crippen LogP contribution in [0.25, 0.3) is 6.08 Å². The van der Waals surface area contributed by atoms with Crippen molar-refractivity contribution in [3.63, 3.8) is 0 Å². The molecule has 0 heterocycles. The van der Waals surface area contributed by atoms with Gasteiger partial charge in [-0.3, -0.25) is 14.4 Å². The van der Waals surface area contributed by atoms with Crippen LogP contribution in [0, 0.1) is 0 Å². The average molecular weight is 608 g/mol. The third-order valence-corrected chi connectivity index (χ3v) is 8.20. The molecule has 0 bridgehead atoms. The summed E-state index contributed by atoms with van der Waals surface area (Å²) < 4.78 is 5.36. The molecule has 0 radical (unpaired) electrons. The predicted octanol–water partition coefficient (Wildman–Crippen LogP) is 7.74. The Morgan fingerprint density at radius 1 is 0.841 bits per heavy atom. The summed E-state index contributed by atoms with van der Waals surface area (Å²) >= 11 is 1.40.